The molecule has 0 saturated carbocycles. The van der Waals surface area contributed by atoms with Gasteiger partial charge in [-0.05, 0) is 18.4 Å². The van der Waals surface area contributed by atoms with Crippen molar-refractivity contribution in [1.82, 2.24) is 10.0 Å². The second kappa shape index (κ2) is 9.49. The van der Waals surface area contributed by atoms with Crippen LogP contribution in [0, 0.1) is 38.0 Å². The van der Waals surface area contributed by atoms with Crippen LogP contribution in [0.1, 0.15) is 34.1 Å². The van der Waals surface area contributed by atoms with Crippen LogP contribution in [-0.2, 0) is 9.59 Å². The van der Waals surface area contributed by atoms with E-state index in [1.807, 2.05) is 0 Å². The number of allylic oxidation sites excluding steroid dienone is 2. The molecule has 3 amide bonds. The van der Waals surface area contributed by atoms with E-state index < -0.39 is 57.4 Å². The first kappa shape index (κ1) is 24.4. The summed E-state index contributed by atoms with van der Waals surface area (Å²) in [5.74, 6) is -4.79. The Bertz CT molecular complexity index is 1340. The first-order valence-electron chi connectivity index (χ1n) is 11.0. The van der Waals surface area contributed by atoms with Crippen LogP contribution in [0.5, 0.6) is 0 Å². The summed E-state index contributed by atoms with van der Waals surface area (Å²) in [5, 5.41) is 23.7. The van der Waals surface area contributed by atoms with E-state index in [9.17, 15) is 39.4 Å². The molecule has 2 aliphatic rings. The molecule has 1 heterocycles. The molecule has 0 unspecified atom stereocenters. The fourth-order valence-electron chi connectivity index (χ4n) is 4.52. The van der Waals surface area contributed by atoms with E-state index in [1.165, 1.54) is 36.4 Å². The van der Waals surface area contributed by atoms with Crippen molar-refractivity contribution in [1.29, 1.82) is 0 Å². The number of carbonyl (C=O) groups excluding carboxylic acids is 4. The van der Waals surface area contributed by atoms with Gasteiger partial charge >= 0.3 is 0 Å². The van der Waals surface area contributed by atoms with Crippen LogP contribution in [0.3, 0.4) is 0 Å². The van der Waals surface area contributed by atoms with E-state index in [1.54, 1.807) is 19.1 Å². The third-order valence-corrected chi connectivity index (χ3v) is 6.30. The van der Waals surface area contributed by atoms with Crippen molar-refractivity contribution in [2.45, 2.75) is 13.3 Å². The van der Waals surface area contributed by atoms with Crippen LogP contribution in [0.25, 0.3) is 0 Å². The maximum Gasteiger partial charge on any atom is 0.273 e. The zero-order chi connectivity index (χ0) is 26.1. The molecule has 3 atom stereocenters. The van der Waals surface area contributed by atoms with Crippen LogP contribution in [-0.4, -0.2) is 49.9 Å². The summed E-state index contributed by atoms with van der Waals surface area (Å²) < 4.78 is 0. The van der Waals surface area contributed by atoms with Crippen molar-refractivity contribution in [3.63, 3.8) is 0 Å². The Morgan fingerprint density at radius 1 is 0.972 bits per heavy atom. The minimum atomic E-state index is -0.974. The highest BCUT2D eigenvalue weighted by atomic mass is 16.6. The van der Waals surface area contributed by atoms with Gasteiger partial charge in [-0.2, -0.15) is 5.01 Å². The molecule has 184 valence electrons. The predicted molar refractivity (Wildman–Crippen MR) is 123 cm³/mol. The van der Waals surface area contributed by atoms with Gasteiger partial charge in [0, 0.05) is 35.4 Å². The third kappa shape index (κ3) is 4.35. The summed E-state index contributed by atoms with van der Waals surface area (Å²) in [7, 11) is 0. The molecule has 0 bridgehead atoms. The Balaban J connectivity index is 1.74. The smallest absolute Gasteiger partial charge is 0.273 e. The van der Waals surface area contributed by atoms with Crippen LogP contribution in [0.4, 0.5) is 11.4 Å². The molecular weight excluding hydrogens is 472 g/mol. The van der Waals surface area contributed by atoms with E-state index in [2.05, 4.69) is 0 Å². The molecule has 2 aromatic rings. The second-order valence-corrected chi connectivity index (χ2v) is 8.54. The van der Waals surface area contributed by atoms with Crippen molar-refractivity contribution in [3.8, 4) is 0 Å². The van der Waals surface area contributed by atoms with Crippen LogP contribution in [0.2, 0.25) is 0 Å². The van der Waals surface area contributed by atoms with Crippen molar-refractivity contribution in [2.75, 3.05) is 6.54 Å². The molecule has 1 aliphatic carbocycles. The zero-order valence-corrected chi connectivity index (χ0v) is 19.0. The maximum absolute atomic E-state index is 13.5. The number of hydrogen-bond acceptors (Lipinski definition) is 8. The average Bonchev–Trinajstić information content (AvgIpc) is 3.12. The summed E-state index contributed by atoms with van der Waals surface area (Å²) in [6.07, 6.45) is 3.87. The van der Waals surface area contributed by atoms with E-state index in [0.717, 1.165) is 12.1 Å². The summed E-state index contributed by atoms with van der Waals surface area (Å²) in [5.41, 5.74) is -1.06. The number of rotatable bonds is 7. The van der Waals surface area contributed by atoms with Gasteiger partial charge < -0.3 is 0 Å². The number of fused-ring (bicyclic) bond motifs is 1. The molecule has 4 rings (SSSR count). The van der Waals surface area contributed by atoms with E-state index in [-0.39, 0.29) is 29.2 Å². The minimum absolute atomic E-state index is 0.104. The van der Waals surface area contributed by atoms with Gasteiger partial charge in [0.15, 0.2) is 5.78 Å². The third-order valence-electron chi connectivity index (χ3n) is 6.30. The molecule has 0 aromatic heterocycles. The molecule has 1 saturated heterocycles. The van der Waals surface area contributed by atoms with Crippen molar-refractivity contribution < 1.29 is 29.0 Å². The highest BCUT2D eigenvalue weighted by Gasteiger charge is 2.53. The number of nitro benzene ring substituents is 2. The monoisotopic (exact) mass is 492 g/mol. The van der Waals surface area contributed by atoms with Gasteiger partial charge in [-0.25, -0.2) is 5.01 Å². The molecule has 1 aliphatic heterocycles. The number of ketones is 1. The Kier molecular flexibility index (Phi) is 6.43. The average molecular weight is 492 g/mol. The molecular formula is C24H20N4O8. The fraction of sp³-hybridized carbons (Fsp3) is 0.250. The van der Waals surface area contributed by atoms with Gasteiger partial charge in [0.05, 0.1) is 21.7 Å². The first-order chi connectivity index (χ1) is 17.1. The highest BCUT2D eigenvalue weighted by Crippen LogP contribution is 2.39. The number of imide groups is 1. The van der Waals surface area contributed by atoms with Gasteiger partial charge in [0.25, 0.3) is 29.1 Å². The van der Waals surface area contributed by atoms with Gasteiger partial charge in [0.2, 0.25) is 0 Å². The number of amides is 3. The van der Waals surface area contributed by atoms with Gasteiger partial charge in [0.1, 0.15) is 6.54 Å². The molecule has 12 nitrogen and oxygen atoms in total. The summed E-state index contributed by atoms with van der Waals surface area (Å²) in [6.45, 7) is 0.977. The lowest BCUT2D eigenvalue weighted by molar-refractivity contribution is -0.385. The van der Waals surface area contributed by atoms with Crippen molar-refractivity contribution in [2.24, 2.45) is 17.8 Å². The number of carbonyl (C=O) groups is 4. The topological polar surface area (TPSA) is 161 Å². The van der Waals surface area contributed by atoms with Crippen LogP contribution in [0.15, 0.2) is 60.7 Å². The standard InChI is InChI=1S/C24H20N4O8/c1-14-5-2-10-19-21(14)24(32)26(23(19)31)25(22(30)16-7-4-9-18(12-16)28(35)36)13-20(29)15-6-3-8-17(11-15)27(33)34/h2-9,11-12,14,19,21H,10,13H2,1H3/t14-,19-,21+/m1/s1. The number of hydrogen-bond donors (Lipinski definition) is 0. The number of hydrazine groups is 1. The van der Waals surface area contributed by atoms with Gasteiger partial charge in [-0.1, -0.05) is 37.3 Å². The Morgan fingerprint density at radius 3 is 2.14 bits per heavy atom. The lowest BCUT2D eigenvalue weighted by Crippen LogP contribution is -2.52. The highest BCUT2D eigenvalue weighted by molar-refractivity contribution is 6.10. The van der Waals surface area contributed by atoms with Gasteiger partial charge in [-0.3, -0.25) is 39.4 Å². The van der Waals surface area contributed by atoms with E-state index in [0.29, 0.717) is 10.0 Å². The first-order valence-corrected chi connectivity index (χ1v) is 11.0. The van der Waals surface area contributed by atoms with Crippen molar-refractivity contribution >= 4 is 34.9 Å². The van der Waals surface area contributed by atoms with E-state index in [4.69, 9.17) is 0 Å². The molecule has 2 aromatic carbocycles. The summed E-state index contributed by atoms with van der Waals surface area (Å²) >= 11 is 0. The quantitative estimate of drug-likeness (QED) is 0.187. The second-order valence-electron chi connectivity index (χ2n) is 8.54. The van der Waals surface area contributed by atoms with Crippen LogP contribution >= 0.6 is 0 Å². The predicted octanol–water partition coefficient (Wildman–Crippen LogP) is 2.94. The Labute approximate surface area is 204 Å². The molecule has 36 heavy (non-hydrogen) atoms. The van der Waals surface area contributed by atoms with E-state index >= 15 is 0 Å². The van der Waals surface area contributed by atoms with Crippen LogP contribution < -0.4 is 0 Å². The summed E-state index contributed by atoms with van der Waals surface area (Å²) in [6, 6.07) is 9.51. The Hall–Kier alpha value is -4.74. The molecule has 0 spiro atoms. The van der Waals surface area contributed by atoms with Crippen molar-refractivity contribution in [3.05, 3.63) is 92.0 Å². The number of nitrogens with zero attached hydrogens (tertiary/aromatic N) is 4. The zero-order valence-electron chi connectivity index (χ0n) is 19.0. The lowest BCUT2D eigenvalue weighted by atomic mass is 9.78. The lowest BCUT2D eigenvalue weighted by Gasteiger charge is -2.30. The fourth-order valence-corrected chi connectivity index (χ4v) is 4.52. The molecule has 0 N–H and O–H groups in total. The van der Waals surface area contributed by atoms with Gasteiger partial charge in [-0.15, -0.1) is 0 Å². The minimum Gasteiger partial charge on any atom is -0.292 e. The molecule has 0 radical (unpaired) electrons. The normalized spacial score (nSPS) is 20.7. The maximum atomic E-state index is 13.5. The SMILES string of the molecule is C[C@@H]1C=CC[C@H]2C(=O)N(N(CC(=O)c3cccc([N+](=O)[O-])c3)C(=O)c3cccc([N+](=O)[O-])c3)C(=O)[C@@H]12. The number of benzene rings is 2. The molecule has 12 heteroatoms. The number of nitro groups is 2. The largest absolute Gasteiger partial charge is 0.292 e. The number of non-ortho nitro benzene ring substituents is 2. The Morgan fingerprint density at radius 2 is 1.56 bits per heavy atom. The molecule has 1 fully saturated rings. The summed E-state index contributed by atoms with van der Waals surface area (Å²) in [4.78, 5) is 74.2. The number of Topliss-reactive ketones (excluding diaryl/α,β-unsaturated/α-hetero) is 1.